The normalized spacial score (nSPS) is 21.6. The fourth-order valence-electron chi connectivity index (χ4n) is 9.00. The number of nitrogens with zero attached hydrogens (tertiary/aromatic N) is 1. The van der Waals surface area contributed by atoms with E-state index in [9.17, 15) is 10.2 Å². The van der Waals surface area contributed by atoms with E-state index in [2.05, 4.69) is 140 Å². The quantitative estimate of drug-likeness (QED) is 0.179. The minimum Gasteiger partial charge on any atom is -0.379 e. The molecule has 6 aromatic rings. The summed E-state index contributed by atoms with van der Waals surface area (Å²) in [6, 6.07) is 42.9. The van der Waals surface area contributed by atoms with Crippen LogP contribution in [-0.2, 0) is 11.2 Å². The van der Waals surface area contributed by atoms with Crippen LogP contribution in [0.3, 0.4) is 0 Å². The van der Waals surface area contributed by atoms with Crippen molar-refractivity contribution >= 4 is 24.3 Å². The van der Waals surface area contributed by atoms with Crippen LogP contribution in [0.15, 0.2) is 152 Å². The monoisotopic (exact) mass is 683 g/mol. The smallest absolute Gasteiger partial charge is 0.178 e. The summed E-state index contributed by atoms with van der Waals surface area (Å²) in [6.07, 6.45) is 17.4. The molecule has 3 nitrogen and oxygen atoms in total. The maximum atomic E-state index is 13.0. The number of para-hydroxylation sites is 1. The number of aromatic nitrogens is 1. The van der Waals surface area contributed by atoms with Crippen LogP contribution in [0.1, 0.15) is 58.6 Å². The Hall–Kier alpha value is -6.18. The van der Waals surface area contributed by atoms with Crippen molar-refractivity contribution < 1.29 is 10.2 Å². The van der Waals surface area contributed by atoms with E-state index in [1.807, 2.05) is 66.7 Å². The van der Waals surface area contributed by atoms with Gasteiger partial charge in [0, 0.05) is 33.4 Å². The van der Waals surface area contributed by atoms with E-state index in [0.717, 1.165) is 72.7 Å². The van der Waals surface area contributed by atoms with Gasteiger partial charge in [-0.05, 0) is 71.5 Å². The largest absolute Gasteiger partial charge is 0.379 e. The molecule has 0 amide bonds. The number of benzene rings is 5. The van der Waals surface area contributed by atoms with Crippen LogP contribution in [0.4, 0.5) is 0 Å². The van der Waals surface area contributed by atoms with E-state index in [4.69, 9.17) is 0 Å². The lowest BCUT2D eigenvalue weighted by molar-refractivity contribution is 0.0114. The van der Waals surface area contributed by atoms with Gasteiger partial charge in [-0.25, -0.2) is 0 Å². The molecule has 0 spiro atoms. The van der Waals surface area contributed by atoms with Crippen molar-refractivity contribution in [1.29, 1.82) is 0 Å². The molecule has 2 atom stereocenters. The highest BCUT2D eigenvalue weighted by Gasteiger charge is 2.52. The van der Waals surface area contributed by atoms with E-state index in [1.54, 1.807) is 0 Å². The molecule has 0 saturated carbocycles. The molecule has 10 rings (SSSR count). The molecule has 0 bridgehead atoms. The zero-order valence-electron chi connectivity index (χ0n) is 29.6. The standard InChI is InChI=1S/C50H37NO2/c1-47(32-33-49(52)41-20-10-6-16-35(41)36-17-7-11-21-42(36)49)28-24-39-40-25-30-48(2,31-27-46(40)51(45(39)26-29-47)34-14-4-3-5-15-34)50(53)43-22-12-8-18-37(43)38-19-9-13-23-44(38)50/h3-31,52-53H,1-2H3. The SMILES string of the molecule is CC1(C#CC2(O)c3ccccc3-c3ccccc32)C=Cc2c3c(n(-c4ccccc4)c2C=C1)C=CC(C)(C1(O)c2ccccc2-c2ccccc21)C=C3. The number of hydrogen-bond donors (Lipinski definition) is 2. The molecular formula is C50H37NO2. The molecule has 2 unspecified atom stereocenters. The molecule has 0 aliphatic heterocycles. The van der Waals surface area contributed by atoms with Gasteiger partial charge in [0.25, 0.3) is 0 Å². The second-order valence-corrected chi connectivity index (χ2v) is 15.0. The van der Waals surface area contributed by atoms with Gasteiger partial charge in [0.1, 0.15) is 5.60 Å². The van der Waals surface area contributed by atoms with Gasteiger partial charge in [0.2, 0.25) is 0 Å². The number of aliphatic hydroxyl groups is 2. The predicted octanol–water partition coefficient (Wildman–Crippen LogP) is 10.4. The molecule has 2 N–H and O–H groups in total. The van der Waals surface area contributed by atoms with E-state index in [1.165, 1.54) is 0 Å². The van der Waals surface area contributed by atoms with Crippen molar-refractivity contribution in [2.75, 3.05) is 0 Å². The van der Waals surface area contributed by atoms with Crippen molar-refractivity contribution in [3.05, 3.63) is 196 Å². The second kappa shape index (κ2) is 11.2. The average Bonchev–Trinajstić information content (AvgIpc) is 3.63. The lowest BCUT2D eigenvalue weighted by atomic mass is 9.67. The highest BCUT2D eigenvalue weighted by atomic mass is 16.3. The number of fused-ring (bicyclic) bond motifs is 9. The summed E-state index contributed by atoms with van der Waals surface area (Å²) in [5, 5.41) is 25.2. The minimum absolute atomic E-state index is 0.666. The Balaban J connectivity index is 1.11. The van der Waals surface area contributed by atoms with Crippen molar-refractivity contribution in [2.24, 2.45) is 10.8 Å². The van der Waals surface area contributed by atoms with Gasteiger partial charge in [-0.2, -0.15) is 0 Å². The Morgan fingerprint density at radius 1 is 0.453 bits per heavy atom. The van der Waals surface area contributed by atoms with Crippen molar-refractivity contribution in [1.82, 2.24) is 4.57 Å². The zero-order valence-corrected chi connectivity index (χ0v) is 29.6. The van der Waals surface area contributed by atoms with Crippen LogP contribution < -0.4 is 0 Å². The minimum atomic E-state index is -1.41. The third-order valence-corrected chi connectivity index (χ3v) is 11.8. The summed E-state index contributed by atoms with van der Waals surface area (Å²) in [7, 11) is 0. The van der Waals surface area contributed by atoms with Gasteiger partial charge in [-0.15, -0.1) is 0 Å². The lowest BCUT2D eigenvalue weighted by Crippen LogP contribution is -2.41. The van der Waals surface area contributed by atoms with Crippen molar-refractivity contribution in [3.63, 3.8) is 0 Å². The highest BCUT2D eigenvalue weighted by Crippen LogP contribution is 2.58. The fraction of sp³-hybridized carbons (Fsp3) is 0.120. The van der Waals surface area contributed by atoms with E-state index >= 15 is 0 Å². The van der Waals surface area contributed by atoms with Gasteiger partial charge >= 0.3 is 0 Å². The van der Waals surface area contributed by atoms with Gasteiger partial charge in [-0.3, -0.25) is 0 Å². The Kier molecular flexibility index (Phi) is 6.64. The van der Waals surface area contributed by atoms with Crippen LogP contribution in [0.25, 0.3) is 52.2 Å². The van der Waals surface area contributed by atoms with E-state index in [-0.39, 0.29) is 0 Å². The second-order valence-electron chi connectivity index (χ2n) is 15.0. The Labute approximate surface area is 310 Å². The van der Waals surface area contributed by atoms with Crippen LogP contribution in [0, 0.1) is 22.7 Å². The van der Waals surface area contributed by atoms with Crippen LogP contribution >= 0.6 is 0 Å². The topological polar surface area (TPSA) is 45.4 Å². The molecular weight excluding hydrogens is 647 g/mol. The summed E-state index contributed by atoms with van der Waals surface area (Å²) in [4.78, 5) is 0. The maximum Gasteiger partial charge on any atom is 0.178 e. The molecule has 4 aliphatic carbocycles. The summed E-state index contributed by atoms with van der Waals surface area (Å²) in [5.41, 5.74) is 8.81. The van der Waals surface area contributed by atoms with Crippen LogP contribution in [0.5, 0.6) is 0 Å². The van der Waals surface area contributed by atoms with Gasteiger partial charge in [0.05, 0.1) is 16.8 Å². The first-order chi connectivity index (χ1) is 25.7. The zero-order chi connectivity index (χ0) is 36.0. The third-order valence-electron chi connectivity index (χ3n) is 11.8. The molecule has 3 heteroatoms. The Bertz CT molecular complexity index is 2600. The van der Waals surface area contributed by atoms with Crippen LogP contribution in [-0.4, -0.2) is 14.8 Å². The molecule has 1 heterocycles. The average molecular weight is 684 g/mol. The van der Waals surface area contributed by atoms with Gasteiger partial charge in [0.15, 0.2) is 5.60 Å². The number of rotatable bonds is 2. The first-order valence-electron chi connectivity index (χ1n) is 18.2. The highest BCUT2D eigenvalue weighted by molar-refractivity contribution is 5.87. The maximum absolute atomic E-state index is 13.0. The van der Waals surface area contributed by atoms with Crippen molar-refractivity contribution in [3.8, 4) is 39.8 Å². The van der Waals surface area contributed by atoms with Gasteiger partial charge < -0.3 is 14.8 Å². The molecule has 254 valence electrons. The van der Waals surface area contributed by atoms with Crippen LogP contribution in [0.2, 0.25) is 0 Å². The van der Waals surface area contributed by atoms with Crippen molar-refractivity contribution in [2.45, 2.75) is 25.0 Å². The first-order valence-corrected chi connectivity index (χ1v) is 18.2. The molecule has 4 aliphatic rings. The summed E-state index contributed by atoms with van der Waals surface area (Å²) in [6.45, 7) is 4.22. The summed E-state index contributed by atoms with van der Waals surface area (Å²) < 4.78 is 2.30. The summed E-state index contributed by atoms with van der Waals surface area (Å²) >= 11 is 0. The van der Waals surface area contributed by atoms with E-state index < -0.39 is 22.0 Å². The molecule has 0 fully saturated rings. The summed E-state index contributed by atoms with van der Waals surface area (Å²) in [5.74, 6) is 6.86. The third kappa shape index (κ3) is 4.37. The number of hydrogen-bond acceptors (Lipinski definition) is 2. The van der Waals surface area contributed by atoms with Gasteiger partial charge in [-0.1, -0.05) is 164 Å². The fourth-order valence-corrected chi connectivity index (χ4v) is 9.00. The Morgan fingerprint density at radius 3 is 1.43 bits per heavy atom. The molecule has 0 radical (unpaired) electrons. The van der Waals surface area contributed by atoms with E-state index in [0.29, 0.717) is 0 Å². The predicted molar refractivity (Wildman–Crippen MR) is 216 cm³/mol. The molecule has 5 aromatic carbocycles. The number of allylic oxidation sites excluding steroid dienone is 2. The molecule has 1 aromatic heterocycles. The Morgan fingerprint density at radius 2 is 0.868 bits per heavy atom. The first kappa shape index (κ1) is 31.5. The lowest BCUT2D eigenvalue weighted by Gasteiger charge is -2.40. The molecule has 53 heavy (non-hydrogen) atoms. The molecule has 0 saturated heterocycles.